The van der Waals surface area contributed by atoms with Crippen molar-refractivity contribution >= 4 is 5.69 Å². The molecule has 1 rings (SSSR count). The van der Waals surface area contributed by atoms with E-state index in [2.05, 4.69) is 0 Å². The average Bonchev–Trinajstić information content (AvgIpc) is 2.37. The summed E-state index contributed by atoms with van der Waals surface area (Å²) in [5, 5.41) is 0. The van der Waals surface area contributed by atoms with Gasteiger partial charge in [0.2, 0.25) is 0 Å². The smallest absolute Gasteiger partial charge is 0.146 e. The molecule has 0 saturated heterocycles. The molecule has 0 spiro atoms. The fourth-order valence-corrected chi connectivity index (χ4v) is 1.42. The van der Waals surface area contributed by atoms with E-state index >= 15 is 0 Å². The number of rotatable bonds is 9. The van der Waals surface area contributed by atoms with Crippen molar-refractivity contribution in [1.82, 2.24) is 0 Å². The molecule has 0 fully saturated rings. The van der Waals surface area contributed by atoms with Gasteiger partial charge in [0.25, 0.3) is 0 Å². The first-order chi connectivity index (χ1) is 9.13. The normalized spacial score (nSPS) is 10.7. The molecule has 0 aliphatic carbocycles. The van der Waals surface area contributed by atoms with Gasteiger partial charge in [-0.3, -0.25) is 0 Å². The second-order valence-electron chi connectivity index (χ2n) is 4.32. The van der Waals surface area contributed by atoms with Crippen LogP contribution in [0.3, 0.4) is 0 Å². The lowest BCUT2D eigenvalue weighted by Crippen LogP contribution is -2.11. The van der Waals surface area contributed by atoms with E-state index in [0.717, 1.165) is 5.75 Å². The molecular weight excluding hydrogens is 246 g/mol. The second-order valence-corrected chi connectivity index (χ2v) is 4.32. The summed E-state index contributed by atoms with van der Waals surface area (Å²) in [6.07, 6.45) is 0.0786. The zero-order valence-electron chi connectivity index (χ0n) is 11.8. The van der Waals surface area contributed by atoms with E-state index in [-0.39, 0.29) is 6.10 Å². The van der Waals surface area contributed by atoms with E-state index in [1.165, 1.54) is 0 Å². The highest BCUT2D eigenvalue weighted by molar-refractivity contribution is 5.55. The number of benzene rings is 1. The molecule has 2 N–H and O–H groups in total. The van der Waals surface area contributed by atoms with Crippen LogP contribution in [0.2, 0.25) is 0 Å². The molecule has 1 aromatic carbocycles. The molecule has 0 aliphatic heterocycles. The Bertz CT molecular complexity index is 368. The lowest BCUT2D eigenvalue weighted by molar-refractivity contribution is 0.0544. The predicted molar refractivity (Wildman–Crippen MR) is 74.8 cm³/mol. The third kappa shape index (κ3) is 6.31. The first-order valence-corrected chi connectivity index (χ1v) is 6.39. The monoisotopic (exact) mass is 269 g/mol. The number of methoxy groups -OCH3 is 1. The summed E-state index contributed by atoms with van der Waals surface area (Å²) in [4.78, 5) is 0. The maximum atomic E-state index is 5.83. The van der Waals surface area contributed by atoms with Crippen LogP contribution < -0.4 is 15.2 Å². The Morgan fingerprint density at radius 1 is 1.11 bits per heavy atom. The highest BCUT2D eigenvalue weighted by atomic mass is 16.5. The SMILES string of the molecule is COCCOCCOc1ccc(N)c(OC(C)C)c1. The third-order valence-corrected chi connectivity index (χ3v) is 2.28. The van der Waals surface area contributed by atoms with Crippen molar-refractivity contribution in [3.63, 3.8) is 0 Å². The van der Waals surface area contributed by atoms with Gasteiger partial charge in [0.15, 0.2) is 0 Å². The minimum atomic E-state index is 0.0786. The Balaban J connectivity index is 2.37. The van der Waals surface area contributed by atoms with Gasteiger partial charge < -0.3 is 24.7 Å². The van der Waals surface area contributed by atoms with Gasteiger partial charge in [-0.15, -0.1) is 0 Å². The Hall–Kier alpha value is -1.46. The van der Waals surface area contributed by atoms with Gasteiger partial charge in [-0.05, 0) is 26.0 Å². The van der Waals surface area contributed by atoms with Crippen molar-refractivity contribution in [2.75, 3.05) is 39.3 Å². The van der Waals surface area contributed by atoms with Crippen LogP contribution in [0.5, 0.6) is 11.5 Å². The van der Waals surface area contributed by atoms with Crippen LogP contribution in [0.1, 0.15) is 13.8 Å². The zero-order valence-corrected chi connectivity index (χ0v) is 11.8. The Labute approximate surface area is 114 Å². The molecule has 5 heteroatoms. The maximum absolute atomic E-state index is 5.83. The van der Waals surface area contributed by atoms with Crippen LogP contribution in [0, 0.1) is 0 Å². The zero-order chi connectivity index (χ0) is 14.1. The van der Waals surface area contributed by atoms with Crippen LogP contribution >= 0.6 is 0 Å². The van der Waals surface area contributed by atoms with Gasteiger partial charge in [-0.1, -0.05) is 0 Å². The van der Waals surface area contributed by atoms with E-state index < -0.39 is 0 Å². The Morgan fingerprint density at radius 2 is 1.84 bits per heavy atom. The second kappa shape index (κ2) is 8.61. The molecule has 0 bridgehead atoms. The summed E-state index contributed by atoms with van der Waals surface area (Å²) in [5.41, 5.74) is 6.44. The molecule has 19 heavy (non-hydrogen) atoms. The van der Waals surface area contributed by atoms with Gasteiger partial charge in [0, 0.05) is 13.2 Å². The topological polar surface area (TPSA) is 62.9 Å². The van der Waals surface area contributed by atoms with Gasteiger partial charge >= 0.3 is 0 Å². The van der Waals surface area contributed by atoms with Crippen molar-refractivity contribution < 1.29 is 18.9 Å². The molecule has 0 atom stereocenters. The van der Waals surface area contributed by atoms with Gasteiger partial charge in [-0.25, -0.2) is 0 Å². The van der Waals surface area contributed by atoms with E-state index in [4.69, 9.17) is 24.7 Å². The van der Waals surface area contributed by atoms with Gasteiger partial charge in [0.1, 0.15) is 18.1 Å². The Morgan fingerprint density at radius 3 is 2.53 bits per heavy atom. The van der Waals surface area contributed by atoms with Crippen LogP contribution in [0.25, 0.3) is 0 Å². The number of nitrogen functional groups attached to an aromatic ring is 1. The van der Waals surface area contributed by atoms with Crippen molar-refractivity contribution in [3.8, 4) is 11.5 Å². The lowest BCUT2D eigenvalue weighted by atomic mass is 10.3. The maximum Gasteiger partial charge on any atom is 0.146 e. The lowest BCUT2D eigenvalue weighted by Gasteiger charge is -2.14. The molecule has 0 saturated carbocycles. The van der Waals surface area contributed by atoms with E-state index in [9.17, 15) is 0 Å². The predicted octanol–water partition coefficient (Wildman–Crippen LogP) is 2.10. The fourth-order valence-electron chi connectivity index (χ4n) is 1.42. The van der Waals surface area contributed by atoms with Crippen LogP contribution in [-0.2, 0) is 9.47 Å². The summed E-state index contributed by atoms with van der Waals surface area (Å²) in [6, 6.07) is 5.39. The highest BCUT2D eigenvalue weighted by Crippen LogP contribution is 2.27. The fraction of sp³-hybridized carbons (Fsp3) is 0.571. The molecule has 0 heterocycles. The van der Waals surface area contributed by atoms with Crippen LogP contribution in [0.4, 0.5) is 5.69 Å². The van der Waals surface area contributed by atoms with Crippen molar-refractivity contribution in [2.24, 2.45) is 0 Å². The van der Waals surface area contributed by atoms with Crippen LogP contribution in [0.15, 0.2) is 18.2 Å². The van der Waals surface area contributed by atoms with Crippen LogP contribution in [-0.4, -0.2) is 39.6 Å². The first-order valence-electron chi connectivity index (χ1n) is 6.39. The molecule has 0 amide bonds. The summed E-state index contributed by atoms with van der Waals surface area (Å²) in [5.74, 6) is 1.37. The van der Waals surface area contributed by atoms with E-state index in [1.54, 1.807) is 19.2 Å². The molecule has 0 unspecified atom stereocenters. The van der Waals surface area contributed by atoms with Crippen molar-refractivity contribution in [1.29, 1.82) is 0 Å². The summed E-state index contributed by atoms with van der Waals surface area (Å²) in [6.45, 7) is 6.08. The van der Waals surface area contributed by atoms with Gasteiger partial charge in [0.05, 0.1) is 31.6 Å². The third-order valence-electron chi connectivity index (χ3n) is 2.28. The Kier molecular flexibility index (Phi) is 7.07. The minimum Gasteiger partial charge on any atom is -0.491 e. The van der Waals surface area contributed by atoms with E-state index in [1.807, 2.05) is 19.9 Å². The summed E-state index contributed by atoms with van der Waals surface area (Å²) >= 11 is 0. The number of ether oxygens (including phenoxy) is 4. The summed E-state index contributed by atoms with van der Waals surface area (Å²) in [7, 11) is 1.64. The number of hydrogen-bond donors (Lipinski definition) is 1. The van der Waals surface area contributed by atoms with E-state index in [0.29, 0.717) is 37.9 Å². The summed E-state index contributed by atoms with van der Waals surface area (Å²) < 4.78 is 21.3. The largest absolute Gasteiger partial charge is 0.491 e. The minimum absolute atomic E-state index is 0.0786. The average molecular weight is 269 g/mol. The molecule has 0 aromatic heterocycles. The molecule has 0 radical (unpaired) electrons. The molecule has 0 aliphatic rings. The van der Waals surface area contributed by atoms with Gasteiger partial charge in [-0.2, -0.15) is 0 Å². The highest BCUT2D eigenvalue weighted by Gasteiger charge is 2.05. The molecular formula is C14H23NO4. The number of anilines is 1. The molecule has 1 aromatic rings. The standard InChI is InChI=1S/C14H23NO4/c1-11(2)19-14-10-12(4-5-13(14)15)18-9-8-17-7-6-16-3/h4-5,10-11H,6-9,15H2,1-3H3. The molecule has 108 valence electrons. The van der Waals surface area contributed by atoms with Crippen molar-refractivity contribution in [2.45, 2.75) is 20.0 Å². The first kappa shape index (κ1) is 15.6. The quantitative estimate of drug-likeness (QED) is 0.549. The number of nitrogens with two attached hydrogens (primary N) is 1. The van der Waals surface area contributed by atoms with Crippen molar-refractivity contribution in [3.05, 3.63) is 18.2 Å². The number of hydrogen-bond acceptors (Lipinski definition) is 5. The molecule has 5 nitrogen and oxygen atoms in total.